The van der Waals surface area contributed by atoms with Gasteiger partial charge in [-0.15, -0.1) is 0 Å². The van der Waals surface area contributed by atoms with Crippen LogP contribution in [0.3, 0.4) is 0 Å². The first-order valence-electron chi connectivity index (χ1n) is 13.7. The van der Waals surface area contributed by atoms with Crippen LogP contribution in [0, 0.1) is 5.92 Å². The molecule has 0 saturated carbocycles. The number of hydrogen-bond donors (Lipinski definition) is 3. The van der Waals surface area contributed by atoms with Crippen LogP contribution in [0.25, 0.3) is 0 Å². The van der Waals surface area contributed by atoms with Crippen molar-refractivity contribution in [3.63, 3.8) is 0 Å². The highest BCUT2D eigenvalue weighted by molar-refractivity contribution is 7.90. The minimum Gasteiger partial charge on any atom is -0.491 e. The van der Waals surface area contributed by atoms with Crippen LogP contribution in [0.4, 0.5) is 4.79 Å². The molecule has 2 heterocycles. The number of carbonyl (C=O) groups excluding carboxylic acids is 1. The van der Waals surface area contributed by atoms with Crippen molar-refractivity contribution in [3.8, 4) is 11.5 Å². The zero-order valence-corrected chi connectivity index (χ0v) is 25.5. The number of fused-ring (bicyclic) bond motifs is 2. The average molecular weight is 635 g/mol. The van der Waals surface area contributed by atoms with Crippen molar-refractivity contribution >= 4 is 39.3 Å². The van der Waals surface area contributed by atoms with Gasteiger partial charge in [0.25, 0.3) is 0 Å². The summed E-state index contributed by atoms with van der Waals surface area (Å²) >= 11 is 12.3. The number of nitrogens with zero attached hydrogens (tertiary/aromatic N) is 1. The highest BCUT2D eigenvalue weighted by Gasteiger charge is 2.43. The maximum atomic E-state index is 13.5. The molecule has 1 aliphatic carbocycles. The van der Waals surface area contributed by atoms with Crippen molar-refractivity contribution in [2.24, 2.45) is 5.92 Å². The van der Waals surface area contributed by atoms with E-state index in [1.54, 1.807) is 55.1 Å². The van der Waals surface area contributed by atoms with E-state index in [4.69, 9.17) is 32.7 Å². The molecule has 2 aliphatic heterocycles. The molecule has 12 heteroatoms. The Kier molecular flexibility index (Phi) is 9.20. The first kappa shape index (κ1) is 30.4. The normalized spacial score (nSPS) is 22.3. The van der Waals surface area contributed by atoms with Crippen molar-refractivity contribution < 1.29 is 27.8 Å². The number of rotatable bonds is 9. The fourth-order valence-electron chi connectivity index (χ4n) is 5.22. The van der Waals surface area contributed by atoms with Gasteiger partial charge >= 0.3 is 6.09 Å². The number of nitrogens with one attached hydrogen (secondary N) is 2. The number of sulfonamides is 1. The standard InChI is InChI=1S/C30H33Cl2N3O6S/c1-18(2)42(38,39)33-16-22(36)17-40-23-8-3-19(4-9-23)29-28-25(26-15-21(32)7-12-27(26)34-28)13-14-35(29)30(37)41-24-10-5-20(31)6-11-24/h3-12,15,18,22,26-27,29,33-34,36H,13-14,16-17H2,1-2H3. The zero-order valence-electron chi connectivity index (χ0n) is 23.2. The van der Waals surface area contributed by atoms with Gasteiger partial charge in [0.2, 0.25) is 10.0 Å². The van der Waals surface area contributed by atoms with Crippen molar-refractivity contribution in [2.45, 2.75) is 43.7 Å². The van der Waals surface area contributed by atoms with E-state index in [0.29, 0.717) is 34.5 Å². The van der Waals surface area contributed by atoms with Crippen molar-refractivity contribution in [1.82, 2.24) is 14.9 Å². The largest absolute Gasteiger partial charge is 0.491 e. The summed E-state index contributed by atoms with van der Waals surface area (Å²) in [5, 5.41) is 14.5. The number of allylic oxidation sites excluding steroid dienone is 2. The van der Waals surface area contributed by atoms with Crippen LogP contribution in [-0.2, 0) is 10.0 Å². The van der Waals surface area contributed by atoms with Crippen LogP contribution in [0.1, 0.15) is 31.9 Å². The van der Waals surface area contributed by atoms with Crippen LogP contribution in [0.5, 0.6) is 11.5 Å². The van der Waals surface area contributed by atoms with Crippen LogP contribution in [0.2, 0.25) is 5.02 Å². The predicted octanol–water partition coefficient (Wildman–Crippen LogP) is 4.89. The molecule has 0 saturated heterocycles. The SMILES string of the molecule is CC(C)S(=O)(=O)NCC(O)COc1ccc(C2C3=C(CCN2C(=O)Oc2ccc(Cl)cc2)C2C=C(Cl)C=CC2N3)cc1. The Labute approximate surface area is 255 Å². The van der Waals surface area contributed by atoms with E-state index in [0.717, 1.165) is 11.3 Å². The van der Waals surface area contributed by atoms with E-state index >= 15 is 0 Å². The lowest BCUT2D eigenvalue weighted by Gasteiger charge is -2.37. The zero-order chi connectivity index (χ0) is 30.0. The van der Waals surface area contributed by atoms with Gasteiger partial charge in [0.1, 0.15) is 30.3 Å². The first-order chi connectivity index (χ1) is 20.0. The molecule has 0 fully saturated rings. The average Bonchev–Trinajstić information content (AvgIpc) is 3.33. The summed E-state index contributed by atoms with van der Waals surface area (Å²) < 4.78 is 37.7. The van der Waals surface area contributed by atoms with Crippen molar-refractivity contribution in [1.29, 1.82) is 0 Å². The second-order valence-corrected chi connectivity index (χ2v) is 13.9. The number of hydrogen-bond acceptors (Lipinski definition) is 7. The maximum Gasteiger partial charge on any atom is 0.416 e. The molecule has 0 aromatic heterocycles. The van der Waals surface area contributed by atoms with Gasteiger partial charge in [-0.25, -0.2) is 17.9 Å². The Hall–Kier alpha value is -3.02. The molecule has 0 bridgehead atoms. The monoisotopic (exact) mass is 633 g/mol. The highest BCUT2D eigenvalue weighted by Crippen LogP contribution is 2.45. The van der Waals surface area contributed by atoms with Crippen LogP contribution in [0.15, 0.2) is 83.1 Å². The van der Waals surface area contributed by atoms with E-state index in [2.05, 4.69) is 10.0 Å². The third-order valence-electron chi connectivity index (χ3n) is 7.50. The highest BCUT2D eigenvalue weighted by atomic mass is 35.5. The number of benzene rings is 2. The van der Waals surface area contributed by atoms with Crippen LogP contribution >= 0.6 is 23.2 Å². The molecule has 5 rings (SSSR count). The molecule has 3 aliphatic rings. The quantitative estimate of drug-likeness (QED) is 0.360. The minimum absolute atomic E-state index is 0.0458. The van der Waals surface area contributed by atoms with Gasteiger partial charge in [-0.3, -0.25) is 4.90 Å². The fraction of sp³-hybridized carbons (Fsp3) is 0.367. The van der Waals surface area contributed by atoms with Gasteiger partial charge in [-0.05, 0) is 73.9 Å². The van der Waals surface area contributed by atoms with Gasteiger partial charge in [0.05, 0.1) is 11.3 Å². The van der Waals surface area contributed by atoms with Crippen molar-refractivity contribution in [3.05, 3.63) is 93.6 Å². The molecule has 4 unspecified atom stereocenters. The molecule has 2 aromatic carbocycles. The van der Waals surface area contributed by atoms with E-state index in [9.17, 15) is 18.3 Å². The molecule has 9 nitrogen and oxygen atoms in total. The molecular formula is C30H33Cl2N3O6S. The predicted molar refractivity (Wildman–Crippen MR) is 162 cm³/mol. The molecule has 3 N–H and O–H groups in total. The summed E-state index contributed by atoms with van der Waals surface area (Å²) in [5.74, 6) is 0.994. The van der Waals surface area contributed by atoms with Crippen LogP contribution < -0.4 is 19.5 Å². The Balaban J connectivity index is 1.34. The number of halogens is 2. The molecule has 42 heavy (non-hydrogen) atoms. The van der Waals surface area contributed by atoms with E-state index in [1.807, 2.05) is 30.4 Å². The lowest BCUT2D eigenvalue weighted by molar-refractivity contribution is 0.111. The van der Waals surface area contributed by atoms with E-state index in [-0.39, 0.29) is 25.1 Å². The van der Waals surface area contributed by atoms with E-state index < -0.39 is 33.5 Å². The maximum absolute atomic E-state index is 13.5. The number of aliphatic hydroxyl groups excluding tert-OH is 1. The Bertz CT molecular complexity index is 1510. The summed E-state index contributed by atoms with van der Waals surface area (Å²) in [6.45, 7) is 3.33. The van der Waals surface area contributed by atoms with Gasteiger partial charge in [-0.2, -0.15) is 0 Å². The smallest absolute Gasteiger partial charge is 0.416 e. The van der Waals surface area contributed by atoms with Gasteiger partial charge in [0.15, 0.2) is 0 Å². The Morgan fingerprint density at radius 1 is 1.12 bits per heavy atom. The molecule has 0 radical (unpaired) electrons. The molecule has 224 valence electrons. The third kappa shape index (κ3) is 6.79. The lowest BCUT2D eigenvalue weighted by atomic mass is 9.85. The Morgan fingerprint density at radius 3 is 2.50 bits per heavy atom. The number of amides is 1. The van der Waals surface area contributed by atoms with Gasteiger partial charge in [-0.1, -0.05) is 47.5 Å². The van der Waals surface area contributed by atoms with E-state index in [1.165, 1.54) is 5.57 Å². The van der Waals surface area contributed by atoms with Gasteiger partial charge in [0, 0.05) is 34.8 Å². The molecule has 1 amide bonds. The number of ether oxygens (including phenoxy) is 2. The topological polar surface area (TPSA) is 117 Å². The minimum atomic E-state index is -3.49. The van der Waals surface area contributed by atoms with Gasteiger partial charge < -0.3 is 19.9 Å². The summed E-state index contributed by atoms with van der Waals surface area (Å²) in [6, 6.07) is 13.5. The summed E-state index contributed by atoms with van der Waals surface area (Å²) in [4.78, 5) is 15.2. The second-order valence-electron chi connectivity index (χ2n) is 10.7. The summed E-state index contributed by atoms with van der Waals surface area (Å²) in [5.41, 5.74) is 2.99. The number of carbonyl (C=O) groups is 1. The molecule has 4 atom stereocenters. The molecule has 0 spiro atoms. The molecule has 2 aromatic rings. The number of aliphatic hydroxyl groups is 1. The molecular weight excluding hydrogens is 601 g/mol. The summed E-state index contributed by atoms with van der Waals surface area (Å²) in [6.07, 6.45) is 5.13. The lowest BCUT2D eigenvalue weighted by Crippen LogP contribution is -2.43. The Morgan fingerprint density at radius 2 is 1.81 bits per heavy atom. The summed E-state index contributed by atoms with van der Waals surface area (Å²) in [7, 11) is -3.49. The third-order valence-corrected chi connectivity index (χ3v) is 9.81. The van der Waals surface area contributed by atoms with Crippen LogP contribution in [-0.4, -0.2) is 61.6 Å². The first-order valence-corrected chi connectivity index (χ1v) is 16.0. The second kappa shape index (κ2) is 12.7. The van der Waals surface area contributed by atoms with Crippen molar-refractivity contribution in [2.75, 3.05) is 19.7 Å². The fourth-order valence-corrected chi connectivity index (χ4v) is 6.31.